The van der Waals surface area contributed by atoms with Gasteiger partial charge in [-0.1, -0.05) is 32.3 Å². The summed E-state index contributed by atoms with van der Waals surface area (Å²) in [6, 6.07) is 5.67. The minimum atomic E-state index is -0.966. The van der Waals surface area contributed by atoms with Crippen LogP contribution in [0.2, 0.25) is 0 Å². The maximum Gasteiger partial charge on any atom is 0.356 e. The number of anilines is 1. The zero-order chi connectivity index (χ0) is 14.5. The summed E-state index contributed by atoms with van der Waals surface area (Å²) in [5.41, 5.74) is 0.844. The van der Waals surface area contributed by atoms with Crippen molar-refractivity contribution in [2.75, 3.05) is 5.32 Å². The Hall–Kier alpha value is -2.04. The third-order valence-corrected chi connectivity index (χ3v) is 3.36. The Morgan fingerprint density at radius 3 is 2.95 bits per heavy atom. The molecular weight excluding hydrogens is 254 g/mol. The molecule has 0 aromatic carbocycles. The minimum Gasteiger partial charge on any atom is -0.476 e. The molecule has 20 heavy (non-hydrogen) atoms. The second-order valence-corrected chi connectivity index (χ2v) is 5.08. The minimum absolute atomic E-state index is 0.197. The van der Waals surface area contributed by atoms with Crippen LogP contribution < -0.4 is 5.32 Å². The maximum atomic E-state index is 11.4. The second-order valence-electron chi connectivity index (χ2n) is 5.08. The van der Waals surface area contributed by atoms with Crippen molar-refractivity contribution in [1.29, 1.82) is 0 Å². The molecule has 5 heteroatoms. The van der Waals surface area contributed by atoms with Gasteiger partial charge in [-0.05, 0) is 25.5 Å². The SMILES string of the molecule is CCCCCC(C)Nc1nc2ccccn2c1C(=O)O. The Morgan fingerprint density at radius 2 is 2.25 bits per heavy atom. The van der Waals surface area contributed by atoms with Crippen LogP contribution >= 0.6 is 0 Å². The molecule has 2 rings (SSSR count). The van der Waals surface area contributed by atoms with E-state index in [0.717, 1.165) is 12.8 Å². The number of carboxylic acid groups (broad SMARTS) is 1. The van der Waals surface area contributed by atoms with Crippen LogP contribution in [0.5, 0.6) is 0 Å². The number of nitrogens with zero attached hydrogens (tertiary/aromatic N) is 2. The molecule has 0 aliphatic heterocycles. The van der Waals surface area contributed by atoms with Gasteiger partial charge in [-0.3, -0.25) is 4.40 Å². The fourth-order valence-corrected chi connectivity index (χ4v) is 2.31. The Bertz CT molecular complexity index is 592. The second kappa shape index (κ2) is 6.41. The van der Waals surface area contributed by atoms with E-state index in [4.69, 9.17) is 0 Å². The number of hydrogen-bond donors (Lipinski definition) is 2. The lowest BCUT2D eigenvalue weighted by molar-refractivity contribution is 0.0690. The van der Waals surface area contributed by atoms with Crippen molar-refractivity contribution >= 4 is 17.4 Å². The summed E-state index contributed by atoms with van der Waals surface area (Å²) in [4.78, 5) is 15.8. The Labute approximate surface area is 118 Å². The first-order chi connectivity index (χ1) is 9.63. The normalized spacial score (nSPS) is 12.5. The number of aromatic carboxylic acids is 1. The standard InChI is InChI=1S/C15H21N3O2/c1-3-4-5-8-11(2)16-14-13(15(19)20)18-10-7-6-9-12(18)17-14/h6-7,9-11,16H,3-5,8H2,1-2H3,(H,19,20). The number of nitrogens with one attached hydrogen (secondary N) is 1. The average Bonchev–Trinajstić information content (AvgIpc) is 2.76. The predicted molar refractivity (Wildman–Crippen MR) is 79.4 cm³/mol. The van der Waals surface area contributed by atoms with Crippen molar-refractivity contribution in [3.05, 3.63) is 30.1 Å². The molecule has 2 heterocycles. The van der Waals surface area contributed by atoms with Gasteiger partial charge in [0.15, 0.2) is 11.5 Å². The van der Waals surface area contributed by atoms with E-state index in [0.29, 0.717) is 11.5 Å². The smallest absolute Gasteiger partial charge is 0.356 e. The number of unbranched alkanes of at least 4 members (excludes halogenated alkanes) is 2. The zero-order valence-corrected chi connectivity index (χ0v) is 12.0. The van der Waals surface area contributed by atoms with Gasteiger partial charge in [0.25, 0.3) is 0 Å². The van der Waals surface area contributed by atoms with Gasteiger partial charge in [-0.2, -0.15) is 0 Å². The van der Waals surface area contributed by atoms with E-state index >= 15 is 0 Å². The molecule has 0 saturated heterocycles. The monoisotopic (exact) mass is 275 g/mol. The molecule has 2 aromatic heterocycles. The van der Waals surface area contributed by atoms with Crippen molar-refractivity contribution in [2.45, 2.75) is 45.6 Å². The van der Waals surface area contributed by atoms with Crippen molar-refractivity contribution in [3.8, 4) is 0 Å². The molecule has 1 atom stereocenters. The number of imidazole rings is 1. The van der Waals surface area contributed by atoms with Crippen LogP contribution in [0.15, 0.2) is 24.4 Å². The summed E-state index contributed by atoms with van der Waals surface area (Å²) in [6.45, 7) is 4.23. The van der Waals surface area contributed by atoms with Crippen molar-refractivity contribution in [3.63, 3.8) is 0 Å². The molecule has 0 aliphatic carbocycles. The van der Waals surface area contributed by atoms with E-state index in [9.17, 15) is 9.90 Å². The van der Waals surface area contributed by atoms with Gasteiger partial charge in [0.05, 0.1) is 0 Å². The van der Waals surface area contributed by atoms with Gasteiger partial charge in [-0.15, -0.1) is 0 Å². The average molecular weight is 275 g/mol. The van der Waals surface area contributed by atoms with Gasteiger partial charge in [0, 0.05) is 12.2 Å². The molecule has 0 aliphatic rings. The highest BCUT2D eigenvalue weighted by molar-refractivity contribution is 5.93. The Kier molecular flexibility index (Phi) is 4.61. The maximum absolute atomic E-state index is 11.4. The van der Waals surface area contributed by atoms with E-state index in [1.165, 1.54) is 12.8 Å². The van der Waals surface area contributed by atoms with E-state index in [1.807, 2.05) is 6.07 Å². The molecule has 2 N–H and O–H groups in total. The largest absolute Gasteiger partial charge is 0.476 e. The molecule has 0 radical (unpaired) electrons. The van der Waals surface area contributed by atoms with Gasteiger partial charge < -0.3 is 10.4 Å². The van der Waals surface area contributed by atoms with Crippen LogP contribution in [-0.4, -0.2) is 26.5 Å². The van der Waals surface area contributed by atoms with E-state index < -0.39 is 5.97 Å². The van der Waals surface area contributed by atoms with Crippen LogP contribution in [0, 0.1) is 0 Å². The fourth-order valence-electron chi connectivity index (χ4n) is 2.31. The third-order valence-electron chi connectivity index (χ3n) is 3.36. The summed E-state index contributed by atoms with van der Waals surface area (Å²) in [5.74, 6) is -0.514. The predicted octanol–water partition coefficient (Wildman–Crippen LogP) is 3.41. The van der Waals surface area contributed by atoms with Crippen LogP contribution in [0.1, 0.15) is 50.0 Å². The number of hydrogen-bond acceptors (Lipinski definition) is 3. The molecule has 0 fully saturated rings. The van der Waals surface area contributed by atoms with Gasteiger partial charge >= 0.3 is 5.97 Å². The summed E-state index contributed by atoms with van der Waals surface area (Å²) in [6.07, 6.45) is 6.25. The lowest BCUT2D eigenvalue weighted by atomic mass is 10.1. The molecule has 5 nitrogen and oxygen atoms in total. The lowest BCUT2D eigenvalue weighted by Crippen LogP contribution is -2.17. The van der Waals surface area contributed by atoms with Gasteiger partial charge in [0.1, 0.15) is 5.65 Å². The number of carboxylic acids is 1. The highest BCUT2D eigenvalue weighted by atomic mass is 16.4. The summed E-state index contributed by atoms with van der Waals surface area (Å²) in [5, 5.41) is 12.6. The zero-order valence-electron chi connectivity index (χ0n) is 12.0. The number of aromatic nitrogens is 2. The van der Waals surface area contributed by atoms with Crippen molar-refractivity contribution < 1.29 is 9.90 Å². The Morgan fingerprint density at radius 1 is 1.45 bits per heavy atom. The molecule has 2 aromatic rings. The van der Waals surface area contributed by atoms with E-state index in [2.05, 4.69) is 24.1 Å². The highest BCUT2D eigenvalue weighted by Gasteiger charge is 2.19. The van der Waals surface area contributed by atoms with Crippen molar-refractivity contribution in [2.24, 2.45) is 0 Å². The van der Waals surface area contributed by atoms with E-state index in [-0.39, 0.29) is 11.7 Å². The first-order valence-corrected chi connectivity index (χ1v) is 7.10. The first kappa shape index (κ1) is 14.4. The molecule has 1 unspecified atom stereocenters. The Balaban J connectivity index is 2.20. The molecule has 0 amide bonds. The summed E-state index contributed by atoms with van der Waals surface area (Å²) < 4.78 is 1.60. The van der Waals surface area contributed by atoms with Crippen LogP contribution in [-0.2, 0) is 0 Å². The number of carbonyl (C=O) groups is 1. The summed E-state index contributed by atoms with van der Waals surface area (Å²) in [7, 11) is 0. The molecule has 108 valence electrons. The highest BCUT2D eigenvalue weighted by Crippen LogP contribution is 2.19. The van der Waals surface area contributed by atoms with Crippen LogP contribution in [0.25, 0.3) is 5.65 Å². The molecule has 0 saturated carbocycles. The van der Waals surface area contributed by atoms with Crippen molar-refractivity contribution in [1.82, 2.24) is 9.38 Å². The number of fused-ring (bicyclic) bond motifs is 1. The van der Waals surface area contributed by atoms with Gasteiger partial charge in [-0.25, -0.2) is 9.78 Å². The van der Waals surface area contributed by atoms with Gasteiger partial charge in [0.2, 0.25) is 0 Å². The topological polar surface area (TPSA) is 66.6 Å². The molecule has 0 spiro atoms. The fraction of sp³-hybridized carbons (Fsp3) is 0.467. The molecular formula is C15H21N3O2. The number of rotatable bonds is 7. The van der Waals surface area contributed by atoms with Crippen LogP contribution in [0.3, 0.4) is 0 Å². The molecule has 0 bridgehead atoms. The quantitative estimate of drug-likeness (QED) is 0.760. The lowest BCUT2D eigenvalue weighted by Gasteiger charge is -2.13. The summed E-state index contributed by atoms with van der Waals surface area (Å²) >= 11 is 0. The van der Waals surface area contributed by atoms with E-state index in [1.54, 1.807) is 22.7 Å². The third kappa shape index (κ3) is 3.10. The van der Waals surface area contributed by atoms with Crippen LogP contribution in [0.4, 0.5) is 5.82 Å². The number of pyridine rings is 1. The first-order valence-electron chi connectivity index (χ1n) is 7.10.